The summed E-state index contributed by atoms with van der Waals surface area (Å²) in [6, 6.07) is 1.99. The highest BCUT2D eigenvalue weighted by Crippen LogP contribution is 2.23. The van der Waals surface area contributed by atoms with Crippen LogP contribution in [0.5, 0.6) is 0 Å². The molecule has 1 amide bonds. The molecule has 1 aromatic heterocycles. The van der Waals surface area contributed by atoms with E-state index < -0.39 is 0 Å². The second kappa shape index (κ2) is 6.73. The Morgan fingerprint density at radius 1 is 1.56 bits per heavy atom. The molecule has 0 bridgehead atoms. The average molecular weight is 314 g/mol. The van der Waals surface area contributed by atoms with E-state index in [9.17, 15) is 4.79 Å². The van der Waals surface area contributed by atoms with Gasteiger partial charge in [-0.15, -0.1) is 0 Å². The Bertz CT molecular complexity index is 421. The third kappa shape index (κ3) is 4.64. The number of hydrogen-bond donors (Lipinski definition) is 1. The molecule has 0 aromatic carbocycles. The van der Waals surface area contributed by atoms with E-state index in [0.29, 0.717) is 19.0 Å². The third-order valence-electron chi connectivity index (χ3n) is 2.41. The maximum atomic E-state index is 11.7. The number of aryl methyl sites for hydroxylation is 1. The van der Waals surface area contributed by atoms with E-state index in [4.69, 9.17) is 0 Å². The van der Waals surface area contributed by atoms with Crippen LogP contribution in [0.4, 0.5) is 5.82 Å². The van der Waals surface area contributed by atoms with Gasteiger partial charge in [0.15, 0.2) is 0 Å². The van der Waals surface area contributed by atoms with Gasteiger partial charge in [-0.2, -0.15) is 0 Å². The summed E-state index contributed by atoms with van der Waals surface area (Å²) in [4.78, 5) is 17.9. The van der Waals surface area contributed by atoms with Gasteiger partial charge in [-0.05, 0) is 40.4 Å². The summed E-state index contributed by atoms with van der Waals surface area (Å²) >= 11 is 3.46. The molecule has 1 aromatic rings. The first-order valence-electron chi connectivity index (χ1n) is 6.00. The minimum Gasteiger partial charge on any atom is -0.354 e. The quantitative estimate of drug-likeness (QED) is 0.907. The number of pyridine rings is 1. The number of nitrogens with one attached hydrogen (secondary N) is 1. The van der Waals surface area contributed by atoms with Crippen LogP contribution in [0, 0.1) is 12.8 Å². The number of halogens is 1. The molecule has 0 spiro atoms. The van der Waals surface area contributed by atoms with E-state index in [1.807, 2.05) is 24.9 Å². The summed E-state index contributed by atoms with van der Waals surface area (Å²) in [5.41, 5.74) is 1.09. The molecule has 1 N–H and O–H groups in total. The van der Waals surface area contributed by atoms with Gasteiger partial charge in [0.25, 0.3) is 0 Å². The second-order valence-electron chi connectivity index (χ2n) is 4.87. The van der Waals surface area contributed by atoms with Crippen molar-refractivity contribution in [3.63, 3.8) is 0 Å². The van der Waals surface area contributed by atoms with Gasteiger partial charge < -0.3 is 10.2 Å². The molecular weight excluding hydrogens is 294 g/mol. The summed E-state index contributed by atoms with van der Waals surface area (Å²) in [5, 5.41) is 2.89. The zero-order chi connectivity index (χ0) is 13.7. The van der Waals surface area contributed by atoms with E-state index >= 15 is 0 Å². The average Bonchev–Trinajstić information content (AvgIpc) is 2.26. The minimum absolute atomic E-state index is 0.0143. The summed E-state index contributed by atoms with van der Waals surface area (Å²) in [6.07, 6.45) is 1.79. The predicted molar refractivity (Wildman–Crippen MR) is 77.8 cm³/mol. The molecule has 0 fully saturated rings. The first-order chi connectivity index (χ1) is 8.40. The highest BCUT2D eigenvalue weighted by atomic mass is 79.9. The number of anilines is 1. The molecule has 0 saturated carbocycles. The molecule has 0 radical (unpaired) electrons. The molecule has 0 saturated heterocycles. The summed E-state index contributed by atoms with van der Waals surface area (Å²) in [6.45, 7) is 7.14. The minimum atomic E-state index is 0.0143. The number of carbonyl (C=O) groups is 1. The first-order valence-corrected chi connectivity index (χ1v) is 6.79. The summed E-state index contributed by atoms with van der Waals surface area (Å²) in [7, 11) is 1.86. The number of rotatable bonds is 5. The van der Waals surface area contributed by atoms with Gasteiger partial charge in [-0.1, -0.05) is 13.8 Å². The number of aromatic nitrogens is 1. The molecule has 4 nitrogen and oxygen atoms in total. The molecule has 1 rings (SSSR count). The molecule has 5 heteroatoms. The number of likely N-dealkylation sites (N-methyl/N-ethyl adjacent to an activating group) is 1. The van der Waals surface area contributed by atoms with Gasteiger partial charge in [0.2, 0.25) is 5.91 Å². The van der Waals surface area contributed by atoms with E-state index in [2.05, 4.69) is 40.1 Å². The van der Waals surface area contributed by atoms with Gasteiger partial charge in [-0.3, -0.25) is 4.79 Å². The lowest BCUT2D eigenvalue weighted by atomic mass is 10.2. The summed E-state index contributed by atoms with van der Waals surface area (Å²) < 4.78 is 0.904. The Morgan fingerprint density at radius 3 is 2.78 bits per heavy atom. The van der Waals surface area contributed by atoms with Crippen LogP contribution in [0.2, 0.25) is 0 Å². The zero-order valence-electron chi connectivity index (χ0n) is 11.3. The van der Waals surface area contributed by atoms with Crippen LogP contribution in [-0.2, 0) is 4.79 Å². The lowest BCUT2D eigenvalue weighted by Gasteiger charge is -2.19. The van der Waals surface area contributed by atoms with E-state index in [1.165, 1.54) is 0 Å². The Morgan fingerprint density at radius 2 is 2.22 bits per heavy atom. The van der Waals surface area contributed by atoms with Crippen LogP contribution in [0.15, 0.2) is 16.7 Å². The molecule has 0 atom stereocenters. The Balaban J connectivity index is 2.59. The van der Waals surface area contributed by atoms with Crippen molar-refractivity contribution in [1.82, 2.24) is 10.3 Å². The zero-order valence-corrected chi connectivity index (χ0v) is 12.9. The van der Waals surface area contributed by atoms with Gasteiger partial charge >= 0.3 is 0 Å². The Hall–Kier alpha value is -1.10. The fourth-order valence-corrected chi connectivity index (χ4v) is 2.24. The van der Waals surface area contributed by atoms with Crippen LogP contribution < -0.4 is 10.2 Å². The predicted octanol–water partition coefficient (Wildman–Crippen LogP) is 2.36. The lowest BCUT2D eigenvalue weighted by Crippen LogP contribution is -2.37. The number of hydrogen-bond acceptors (Lipinski definition) is 3. The topological polar surface area (TPSA) is 45.2 Å². The van der Waals surface area contributed by atoms with Crippen molar-refractivity contribution in [2.45, 2.75) is 20.8 Å². The van der Waals surface area contributed by atoms with Crippen molar-refractivity contribution in [3.8, 4) is 0 Å². The van der Waals surface area contributed by atoms with Gasteiger partial charge in [0.05, 0.1) is 11.0 Å². The molecule has 0 aliphatic heterocycles. The van der Waals surface area contributed by atoms with Crippen molar-refractivity contribution in [1.29, 1.82) is 0 Å². The van der Waals surface area contributed by atoms with Crippen molar-refractivity contribution in [2.75, 3.05) is 25.0 Å². The van der Waals surface area contributed by atoms with Crippen LogP contribution in [0.3, 0.4) is 0 Å². The van der Waals surface area contributed by atoms with E-state index in [1.54, 1.807) is 6.20 Å². The van der Waals surface area contributed by atoms with Crippen LogP contribution in [0.25, 0.3) is 0 Å². The van der Waals surface area contributed by atoms with E-state index in [0.717, 1.165) is 15.9 Å². The largest absolute Gasteiger partial charge is 0.354 e. The number of carbonyl (C=O) groups excluding carboxylic acids is 1. The highest BCUT2D eigenvalue weighted by Gasteiger charge is 2.11. The van der Waals surface area contributed by atoms with Crippen LogP contribution >= 0.6 is 15.9 Å². The Kier molecular flexibility index (Phi) is 5.59. The van der Waals surface area contributed by atoms with Crippen molar-refractivity contribution in [2.24, 2.45) is 5.92 Å². The summed E-state index contributed by atoms with van der Waals surface area (Å²) in [5.74, 6) is 1.25. The molecule has 100 valence electrons. The molecule has 1 heterocycles. The van der Waals surface area contributed by atoms with Gasteiger partial charge in [0.1, 0.15) is 5.82 Å². The second-order valence-corrected chi connectivity index (χ2v) is 5.73. The third-order valence-corrected chi connectivity index (χ3v) is 2.99. The van der Waals surface area contributed by atoms with Crippen molar-refractivity contribution in [3.05, 3.63) is 22.3 Å². The van der Waals surface area contributed by atoms with Crippen LogP contribution in [-0.4, -0.2) is 31.0 Å². The lowest BCUT2D eigenvalue weighted by molar-refractivity contribution is -0.119. The molecule has 18 heavy (non-hydrogen) atoms. The van der Waals surface area contributed by atoms with Crippen molar-refractivity contribution >= 4 is 27.7 Å². The van der Waals surface area contributed by atoms with Crippen molar-refractivity contribution < 1.29 is 4.79 Å². The molecule has 0 unspecified atom stereocenters. The maximum absolute atomic E-state index is 11.7. The standard InChI is InChI=1S/C13H20BrN3O/c1-9(2)6-15-12(18)8-17(4)13-11(14)5-10(3)7-16-13/h5,7,9H,6,8H2,1-4H3,(H,15,18). The smallest absolute Gasteiger partial charge is 0.239 e. The number of nitrogens with zero attached hydrogens (tertiary/aromatic N) is 2. The fraction of sp³-hybridized carbons (Fsp3) is 0.538. The molecule has 0 aliphatic carbocycles. The fourth-order valence-electron chi connectivity index (χ4n) is 1.47. The highest BCUT2D eigenvalue weighted by molar-refractivity contribution is 9.10. The first kappa shape index (κ1) is 15.0. The maximum Gasteiger partial charge on any atom is 0.239 e. The van der Waals surface area contributed by atoms with Gasteiger partial charge in [-0.25, -0.2) is 4.98 Å². The monoisotopic (exact) mass is 313 g/mol. The molecular formula is C13H20BrN3O. The normalized spacial score (nSPS) is 10.6. The SMILES string of the molecule is Cc1cnc(N(C)CC(=O)NCC(C)C)c(Br)c1. The van der Waals surface area contributed by atoms with Gasteiger partial charge in [0, 0.05) is 19.8 Å². The number of amides is 1. The van der Waals surface area contributed by atoms with E-state index in [-0.39, 0.29) is 5.91 Å². The Labute approximate surface area is 117 Å². The van der Waals surface area contributed by atoms with Crippen LogP contribution in [0.1, 0.15) is 19.4 Å². The molecule has 0 aliphatic rings.